The van der Waals surface area contributed by atoms with Crippen molar-refractivity contribution in [2.45, 2.75) is 50.0 Å². The van der Waals surface area contributed by atoms with Crippen molar-refractivity contribution in [3.63, 3.8) is 0 Å². The van der Waals surface area contributed by atoms with Crippen molar-refractivity contribution in [1.82, 2.24) is 0 Å². The highest BCUT2D eigenvalue weighted by Crippen LogP contribution is 2.40. The molecule has 0 N–H and O–H groups in total. The molecule has 0 spiro atoms. The summed E-state index contributed by atoms with van der Waals surface area (Å²) >= 11 is 1.07. The fourth-order valence-corrected chi connectivity index (χ4v) is 4.23. The summed E-state index contributed by atoms with van der Waals surface area (Å²) in [5, 5.41) is -0.566. The number of thioether (sulfide) groups is 1. The van der Waals surface area contributed by atoms with Crippen LogP contribution in [0.15, 0.2) is 30.3 Å². The molecule has 7 nitrogen and oxygen atoms in total. The number of carbonyl (C=O) groups excluding carboxylic acids is 2. The molecule has 0 amide bonds. The van der Waals surface area contributed by atoms with Crippen molar-refractivity contribution in [1.29, 1.82) is 0 Å². The monoisotopic (exact) mass is 382 g/mol. The van der Waals surface area contributed by atoms with Crippen LogP contribution in [0.25, 0.3) is 0 Å². The number of esters is 1. The Morgan fingerprint density at radius 2 is 1.88 bits per heavy atom. The maximum absolute atomic E-state index is 11.8. The minimum absolute atomic E-state index is 0.103. The quantitative estimate of drug-likeness (QED) is 0.732. The van der Waals surface area contributed by atoms with Crippen molar-refractivity contribution >= 4 is 22.8 Å². The molecule has 2 aliphatic rings. The Morgan fingerprint density at radius 3 is 2.50 bits per heavy atom. The second kappa shape index (κ2) is 8.49. The highest BCUT2D eigenvalue weighted by molar-refractivity contribution is 8.14. The van der Waals surface area contributed by atoms with Gasteiger partial charge in [0.2, 0.25) is 0 Å². The van der Waals surface area contributed by atoms with Gasteiger partial charge in [-0.15, -0.1) is 0 Å². The van der Waals surface area contributed by atoms with Crippen LogP contribution in [-0.2, 0) is 33.3 Å². The van der Waals surface area contributed by atoms with Crippen LogP contribution in [0.3, 0.4) is 0 Å². The van der Waals surface area contributed by atoms with E-state index in [2.05, 4.69) is 0 Å². The number of hydrogen-bond donors (Lipinski definition) is 0. The molecule has 0 aromatic heterocycles. The summed E-state index contributed by atoms with van der Waals surface area (Å²) < 4.78 is 28.6. The largest absolute Gasteiger partial charge is 0.456 e. The first-order chi connectivity index (χ1) is 12.5. The van der Waals surface area contributed by atoms with Crippen LogP contribution in [0, 0.1) is 0 Å². The van der Waals surface area contributed by atoms with Crippen LogP contribution < -0.4 is 0 Å². The zero-order valence-electron chi connectivity index (χ0n) is 14.8. The lowest BCUT2D eigenvalue weighted by Crippen LogP contribution is -2.62. The summed E-state index contributed by atoms with van der Waals surface area (Å²) in [6.07, 6.45) is -3.05. The Balaban J connectivity index is 1.86. The van der Waals surface area contributed by atoms with Gasteiger partial charge in [-0.1, -0.05) is 42.1 Å². The lowest BCUT2D eigenvalue weighted by Gasteiger charge is -2.48. The van der Waals surface area contributed by atoms with Gasteiger partial charge >= 0.3 is 5.97 Å². The van der Waals surface area contributed by atoms with Crippen molar-refractivity contribution in [3.8, 4) is 0 Å². The molecule has 0 saturated carbocycles. The predicted octanol–water partition coefficient (Wildman–Crippen LogP) is 2.05. The standard InChI is InChI=1S/C18H22O7S/c1-10(19)23-15-16(26-11(2)20)14-13(24-18(15)21-3)9-22-17(25-14)12-7-5-4-6-8-12/h4-8,13-18H,9H2,1-3H3/t13-,14+,15-,16-,17?,18-/m1/s1. The molecule has 2 fully saturated rings. The molecule has 2 saturated heterocycles. The lowest BCUT2D eigenvalue weighted by molar-refractivity contribution is -0.331. The average molecular weight is 382 g/mol. The first-order valence-corrected chi connectivity index (χ1v) is 9.22. The summed E-state index contributed by atoms with van der Waals surface area (Å²) in [5.74, 6) is -0.472. The zero-order valence-corrected chi connectivity index (χ0v) is 15.6. The molecular weight excluding hydrogens is 360 g/mol. The number of rotatable bonds is 4. The highest BCUT2D eigenvalue weighted by atomic mass is 32.2. The van der Waals surface area contributed by atoms with E-state index in [1.165, 1.54) is 21.0 Å². The van der Waals surface area contributed by atoms with Crippen LogP contribution in [0.5, 0.6) is 0 Å². The Hall–Kier alpha value is -1.45. The summed E-state index contributed by atoms with van der Waals surface area (Å²) in [6, 6.07) is 9.52. The third-order valence-corrected chi connectivity index (χ3v) is 5.33. The molecule has 1 aromatic carbocycles. The Morgan fingerprint density at radius 1 is 1.15 bits per heavy atom. The van der Waals surface area contributed by atoms with Gasteiger partial charge in [-0.25, -0.2) is 0 Å². The molecule has 1 aromatic rings. The highest BCUT2D eigenvalue weighted by Gasteiger charge is 2.52. The molecule has 6 atom stereocenters. The first kappa shape index (κ1) is 19.3. The van der Waals surface area contributed by atoms with Crippen molar-refractivity contribution < 1.29 is 33.3 Å². The van der Waals surface area contributed by atoms with Crippen LogP contribution in [0.1, 0.15) is 25.7 Å². The number of fused-ring (bicyclic) bond motifs is 1. The number of methoxy groups -OCH3 is 1. The minimum atomic E-state index is -0.794. The molecule has 8 heteroatoms. The first-order valence-electron chi connectivity index (χ1n) is 8.34. The molecule has 142 valence electrons. The molecular formula is C18H22O7S. The molecule has 2 aliphatic heterocycles. The Bertz CT molecular complexity index is 638. The van der Waals surface area contributed by atoms with Crippen LogP contribution >= 0.6 is 11.8 Å². The van der Waals surface area contributed by atoms with Gasteiger partial charge in [-0.2, -0.15) is 0 Å². The van der Waals surface area contributed by atoms with Gasteiger partial charge in [-0.05, 0) is 0 Å². The molecule has 0 bridgehead atoms. The van der Waals surface area contributed by atoms with Gasteiger partial charge in [0.25, 0.3) is 0 Å². The average Bonchev–Trinajstić information content (AvgIpc) is 2.63. The molecule has 1 unspecified atom stereocenters. The third kappa shape index (κ3) is 4.27. The lowest BCUT2D eigenvalue weighted by atomic mass is 10.00. The fourth-order valence-electron chi connectivity index (χ4n) is 3.16. The van der Waals surface area contributed by atoms with E-state index in [1.807, 2.05) is 30.3 Å². The summed E-state index contributed by atoms with van der Waals surface area (Å²) in [6.45, 7) is 3.06. The topological polar surface area (TPSA) is 80.3 Å². The van der Waals surface area contributed by atoms with E-state index in [4.69, 9.17) is 23.7 Å². The van der Waals surface area contributed by atoms with E-state index >= 15 is 0 Å². The maximum Gasteiger partial charge on any atom is 0.303 e. The van der Waals surface area contributed by atoms with E-state index in [0.717, 1.165) is 17.3 Å². The van der Waals surface area contributed by atoms with E-state index in [0.29, 0.717) is 0 Å². The van der Waals surface area contributed by atoms with E-state index < -0.39 is 42.1 Å². The summed E-state index contributed by atoms with van der Waals surface area (Å²) in [4.78, 5) is 23.4. The van der Waals surface area contributed by atoms with Gasteiger partial charge in [0.1, 0.15) is 12.2 Å². The minimum Gasteiger partial charge on any atom is -0.456 e. The molecule has 3 rings (SSSR count). The van der Waals surface area contributed by atoms with Gasteiger partial charge < -0.3 is 23.7 Å². The number of benzene rings is 1. The smallest absolute Gasteiger partial charge is 0.303 e. The van der Waals surface area contributed by atoms with Gasteiger partial charge in [0.15, 0.2) is 23.8 Å². The molecule has 2 heterocycles. The normalized spacial score (nSPS) is 34.0. The fraction of sp³-hybridized carbons (Fsp3) is 0.556. The van der Waals surface area contributed by atoms with Gasteiger partial charge in [-0.3, -0.25) is 9.59 Å². The van der Waals surface area contributed by atoms with Crippen LogP contribution in [0.2, 0.25) is 0 Å². The Kier molecular flexibility index (Phi) is 6.31. The second-order valence-electron chi connectivity index (χ2n) is 6.10. The van der Waals surface area contributed by atoms with Crippen LogP contribution in [0.4, 0.5) is 0 Å². The summed E-state index contributed by atoms with van der Waals surface area (Å²) in [5.41, 5.74) is 0.871. The van der Waals surface area contributed by atoms with E-state index in [-0.39, 0.29) is 11.7 Å². The van der Waals surface area contributed by atoms with Crippen molar-refractivity contribution in [2.75, 3.05) is 13.7 Å². The van der Waals surface area contributed by atoms with Gasteiger partial charge in [0.05, 0.1) is 11.9 Å². The second-order valence-corrected chi connectivity index (χ2v) is 7.46. The predicted molar refractivity (Wildman–Crippen MR) is 93.3 cm³/mol. The molecule has 26 heavy (non-hydrogen) atoms. The third-order valence-electron chi connectivity index (χ3n) is 4.19. The number of carbonyl (C=O) groups is 2. The zero-order chi connectivity index (χ0) is 18.7. The van der Waals surface area contributed by atoms with E-state index in [1.54, 1.807) is 0 Å². The van der Waals surface area contributed by atoms with E-state index in [9.17, 15) is 9.59 Å². The number of hydrogen-bond acceptors (Lipinski definition) is 8. The van der Waals surface area contributed by atoms with Gasteiger partial charge in [0, 0.05) is 26.5 Å². The summed E-state index contributed by atoms with van der Waals surface area (Å²) in [7, 11) is 1.47. The maximum atomic E-state index is 11.8. The molecule has 0 aliphatic carbocycles. The SMILES string of the molecule is CO[C@@H]1O[C@@H]2COC(c3ccccc3)O[C@@H]2[C@@H](SC(C)=O)[C@H]1OC(C)=O. The molecule has 0 radical (unpaired) electrons. The van der Waals surface area contributed by atoms with Crippen LogP contribution in [-0.4, -0.2) is 54.7 Å². The van der Waals surface area contributed by atoms with Crippen molar-refractivity contribution in [2.24, 2.45) is 0 Å². The number of ether oxygens (including phenoxy) is 5. The van der Waals surface area contributed by atoms with Crippen molar-refractivity contribution in [3.05, 3.63) is 35.9 Å². The Labute approximate surface area is 156 Å².